The van der Waals surface area contributed by atoms with Gasteiger partial charge in [0.05, 0.1) is 6.07 Å². The summed E-state index contributed by atoms with van der Waals surface area (Å²) in [5, 5.41) is 8.23. The highest BCUT2D eigenvalue weighted by molar-refractivity contribution is 7.89. The summed E-state index contributed by atoms with van der Waals surface area (Å²) < 4.78 is 23.6. The Kier molecular flexibility index (Phi) is 4.21. The van der Waals surface area contributed by atoms with E-state index in [4.69, 9.17) is 5.26 Å². The van der Waals surface area contributed by atoms with E-state index in [1.807, 2.05) is 13.8 Å². The van der Waals surface area contributed by atoms with Crippen molar-refractivity contribution in [3.05, 3.63) is 0 Å². The van der Waals surface area contributed by atoms with Crippen molar-refractivity contribution < 1.29 is 8.42 Å². The molecule has 4 nitrogen and oxygen atoms in total. The maximum absolute atomic E-state index is 11.2. The third-order valence-corrected chi connectivity index (χ3v) is 2.94. The van der Waals surface area contributed by atoms with E-state index in [0.29, 0.717) is 6.54 Å². The highest BCUT2D eigenvalue weighted by Gasteiger charge is 2.17. The van der Waals surface area contributed by atoms with Crippen molar-refractivity contribution in [3.8, 4) is 6.07 Å². The van der Waals surface area contributed by atoms with E-state index < -0.39 is 15.8 Å². The van der Waals surface area contributed by atoms with Crippen LogP contribution in [0.5, 0.6) is 0 Å². The van der Waals surface area contributed by atoms with Crippen LogP contribution in [-0.2, 0) is 10.0 Å². The van der Waals surface area contributed by atoms with Crippen molar-refractivity contribution in [1.82, 2.24) is 4.31 Å². The molecule has 12 heavy (non-hydrogen) atoms. The predicted molar refractivity (Wildman–Crippen MR) is 46.9 cm³/mol. The Hall–Kier alpha value is -0.600. The first-order valence-electron chi connectivity index (χ1n) is 3.71. The van der Waals surface area contributed by atoms with Crippen LogP contribution in [0, 0.1) is 17.2 Å². The van der Waals surface area contributed by atoms with Gasteiger partial charge in [-0.1, -0.05) is 13.8 Å². The SMILES string of the molecule is CC(C)CN(C)S(=O)(=O)CC#N. The zero-order chi connectivity index (χ0) is 9.78. The van der Waals surface area contributed by atoms with E-state index in [0.717, 1.165) is 0 Å². The van der Waals surface area contributed by atoms with Gasteiger partial charge in [0.25, 0.3) is 0 Å². The molecular formula is C7H14N2O2S. The van der Waals surface area contributed by atoms with E-state index in [1.165, 1.54) is 11.4 Å². The maximum Gasteiger partial charge on any atom is 0.227 e. The van der Waals surface area contributed by atoms with Crippen LogP contribution in [0.2, 0.25) is 0 Å². The Balaban J connectivity index is 4.29. The third-order valence-electron chi connectivity index (χ3n) is 1.34. The molecule has 0 heterocycles. The van der Waals surface area contributed by atoms with Gasteiger partial charge in [-0.2, -0.15) is 5.26 Å². The summed E-state index contributed by atoms with van der Waals surface area (Å²) in [5.41, 5.74) is 0. The Morgan fingerprint density at radius 3 is 2.33 bits per heavy atom. The number of nitrogens with zero attached hydrogens (tertiary/aromatic N) is 2. The molecule has 5 heteroatoms. The van der Waals surface area contributed by atoms with Crippen LogP contribution >= 0.6 is 0 Å². The molecule has 0 aliphatic carbocycles. The van der Waals surface area contributed by atoms with Crippen molar-refractivity contribution in [2.75, 3.05) is 19.3 Å². The quantitative estimate of drug-likeness (QED) is 0.645. The van der Waals surface area contributed by atoms with Crippen LogP contribution in [-0.4, -0.2) is 32.1 Å². The van der Waals surface area contributed by atoms with Crippen molar-refractivity contribution >= 4 is 10.0 Å². The summed E-state index contributed by atoms with van der Waals surface area (Å²) in [4.78, 5) is 0. The highest BCUT2D eigenvalue weighted by atomic mass is 32.2. The highest BCUT2D eigenvalue weighted by Crippen LogP contribution is 2.02. The van der Waals surface area contributed by atoms with Gasteiger partial charge in [-0.15, -0.1) is 0 Å². The lowest BCUT2D eigenvalue weighted by Gasteiger charge is -2.16. The monoisotopic (exact) mass is 190 g/mol. The minimum absolute atomic E-state index is 0.281. The van der Waals surface area contributed by atoms with E-state index in [2.05, 4.69) is 0 Å². The molecule has 0 amide bonds. The molecule has 0 unspecified atom stereocenters. The van der Waals surface area contributed by atoms with Gasteiger partial charge >= 0.3 is 0 Å². The number of nitriles is 1. The fraction of sp³-hybridized carbons (Fsp3) is 0.857. The van der Waals surface area contributed by atoms with Gasteiger partial charge in [0.1, 0.15) is 0 Å². The van der Waals surface area contributed by atoms with Crippen LogP contribution in [0.1, 0.15) is 13.8 Å². The molecule has 0 spiro atoms. The van der Waals surface area contributed by atoms with Gasteiger partial charge in [0.15, 0.2) is 5.75 Å². The normalized spacial score (nSPS) is 12.0. The van der Waals surface area contributed by atoms with Crippen LogP contribution < -0.4 is 0 Å². The van der Waals surface area contributed by atoms with Crippen LogP contribution in [0.15, 0.2) is 0 Å². The minimum atomic E-state index is -3.33. The second-order valence-corrected chi connectivity index (χ2v) is 5.16. The Labute approximate surface area is 73.8 Å². The van der Waals surface area contributed by atoms with Gasteiger partial charge in [-0.3, -0.25) is 0 Å². The average Bonchev–Trinajstić information content (AvgIpc) is 1.85. The van der Waals surface area contributed by atoms with Gasteiger partial charge in [0.2, 0.25) is 10.0 Å². The molecule has 0 saturated carbocycles. The lowest BCUT2D eigenvalue weighted by atomic mass is 10.2. The molecule has 0 fully saturated rings. The number of hydrogen-bond acceptors (Lipinski definition) is 3. The molecule has 0 rings (SSSR count). The third kappa shape index (κ3) is 3.69. The first-order chi connectivity index (χ1) is 5.40. The molecule has 0 aromatic carbocycles. The number of sulfonamides is 1. The van der Waals surface area contributed by atoms with Gasteiger partial charge in [-0.25, -0.2) is 12.7 Å². The predicted octanol–water partition coefficient (Wildman–Crippen LogP) is 0.428. The van der Waals surface area contributed by atoms with Gasteiger partial charge in [-0.05, 0) is 5.92 Å². The molecule has 0 saturated heterocycles. The van der Waals surface area contributed by atoms with E-state index >= 15 is 0 Å². The van der Waals surface area contributed by atoms with Crippen LogP contribution in [0.4, 0.5) is 0 Å². The first kappa shape index (κ1) is 11.4. The molecule has 0 N–H and O–H groups in total. The minimum Gasteiger partial charge on any atom is -0.211 e. The van der Waals surface area contributed by atoms with Gasteiger partial charge < -0.3 is 0 Å². The zero-order valence-corrected chi connectivity index (χ0v) is 8.43. The van der Waals surface area contributed by atoms with Crippen molar-refractivity contribution in [3.63, 3.8) is 0 Å². The Morgan fingerprint density at radius 2 is 2.00 bits per heavy atom. The lowest BCUT2D eigenvalue weighted by molar-refractivity contribution is 0.419. The first-order valence-corrected chi connectivity index (χ1v) is 5.32. The number of hydrogen-bond donors (Lipinski definition) is 0. The fourth-order valence-corrected chi connectivity index (χ4v) is 1.73. The molecule has 0 bridgehead atoms. The zero-order valence-electron chi connectivity index (χ0n) is 7.61. The largest absolute Gasteiger partial charge is 0.227 e. The molecule has 70 valence electrons. The molecule has 0 atom stereocenters. The summed E-state index contributed by atoms with van der Waals surface area (Å²) in [6, 6.07) is 1.63. The van der Waals surface area contributed by atoms with Crippen LogP contribution in [0.3, 0.4) is 0 Å². The molecule has 0 radical (unpaired) electrons. The topological polar surface area (TPSA) is 61.2 Å². The summed E-state index contributed by atoms with van der Waals surface area (Å²) in [5.74, 6) is -0.153. The molecular weight excluding hydrogens is 176 g/mol. The van der Waals surface area contributed by atoms with E-state index in [1.54, 1.807) is 6.07 Å². The van der Waals surface area contributed by atoms with Gasteiger partial charge in [0, 0.05) is 13.6 Å². The lowest BCUT2D eigenvalue weighted by Crippen LogP contribution is -2.31. The second-order valence-electron chi connectivity index (χ2n) is 3.09. The maximum atomic E-state index is 11.2. The average molecular weight is 190 g/mol. The Bertz CT molecular complexity index is 264. The Morgan fingerprint density at radius 1 is 1.50 bits per heavy atom. The summed E-state index contributed by atoms with van der Waals surface area (Å²) in [6.45, 7) is 4.32. The standard InChI is InChI=1S/C7H14N2O2S/c1-7(2)6-9(3)12(10,11)5-4-8/h7H,5-6H2,1-3H3. The summed E-state index contributed by atoms with van der Waals surface area (Å²) in [6.07, 6.45) is 0. The summed E-state index contributed by atoms with van der Waals surface area (Å²) >= 11 is 0. The molecule has 0 aromatic rings. The van der Waals surface area contributed by atoms with E-state index in [9.17, 15) is 8.42 Å². The van der Waals surface area contributed by atoms with E-state index in [-0.39, 0.29) is 5.92 Å². The van der Waals surface area contributed by atoms with Crippen molar-refractivity contribution in [1.29, 1.82) is 5.26 Å². The molecule has 0 aromatic heterocycles. The molecule has 0 aliphatic heterocycles. The van der Waals surface area contributed by atoms with Crippen molar-refractivity contribution in [2.45, 2.75) is 13.8 Å². The number of rotatable bonds is 4. The second kappa shape index (κ2) is 4.43. The fourth-order valence-electron chi connectivity index (χ4n) is 0.820. The summed E-state index contributed by atoms with van der Waals surface area (Å²) in [7, 11) is -1.84. The van der Waals surface area contributed by atoms with Crippen molar-refractivity contribution in [2.24, 2.45) is 5.92 Å². The smallest absolute Gasteiger partial charge is 0.211 e. The van der Waals surface area contributed by atoms with Crippen LogP contribution in [0.25, 0.3) is 0 Å². The molecule has 0 aliphatic rings.